The zero-order valence-electron chi connectivity index (χ0n) is 15.0. The minimum Gasteiger partial charge on any atom is -0.466 e. The Morgan fingerprint density at radius 2 is 1.74 bits per heavy atom. The summed E-state index contributed by atoms with van der Waals surface area (Å²) in [5.41, 5.74) is 2.40. The Hall–Kier alpha value is -2.80. The molecule has 7 heteroatoms. The lowest BCUT2D eigenvalue weighted by atomic mass is 9.97. The average Bonchev–Trinajstić information content (AvgIpc) is 2.66. The average molecular weight is 433 g/mol. The van der Waals surface area contributed by atoms with Crippen LogP contribution in [0.5, 0.6) is 0 Å². The summed E-state index contributed by atoms with van der Waals surface area (Å²) in [6.45, 7) is 2.22. The molecule has 2 rings (SSSR count). The van der Waals surface area contributed by atoms with Gasteiger partial charge in [-0.15, -0.1) is 0 Å². The van der Waals surface area contributed by atoms with Crippen LogP contribution in [-0.4, -0.2) is 24.3 Å². The monoisotopic (exact) mass is 432 g/mol. The molecule has 0 fully saturated rings. The quantitative estimate of drug-likeness (QED) is 0.454. The number of rotatable bonds is 7. The fourth-order valence-electron chi connectivity index (χ4n) is 2.62. The van der Waals surface area contributed by atoms with Crippen LogP contribution < -0.4 is 10.6 Å². The lowest BCUT2D eigenvalue weighted by molar-refractivity contribution is -0.136. The van der Waals surface area contributed by atoms with E-state index in [2.05, 4.69) is 26.6 Å². The minimum atomic E-state index is -1.24. The van der Waals surface area contributed by atoms with Crippen LogP contribution in [-0.2, 0) is 16.1 Å². The molecule has 6 nitrogen and oxygen atoms in total. The predicted molar refractivity (Wildman–Crippen MR) is 106 cm³/mol. The number of benzene rings is 2. The van der Waals surface area contributed by atoms with Crippen LogP contribution in [0.4, 0.5) is 4.79 Å². The molecule has 0 aliphatic heterocycles. The zero-order valence-corrected chi connectivity index (χ0v) is 16.6. The first kappa shape index (κ1) is 20.5. The molecular weight excluding hydrogens is 412 g/mol. The Labute approximate surface area is 166 Å². The summed E-state index contributed by atoms with van der Waals surface area (Å²) < 4.78 is 5.76. The Balaban J connectivity index is 2.40. The van der Waals surface area contributed by atoms with Crippen LogP contribution in [0.15, 0.2) is 70.3 Å². The normalized spacial score (nSPS) is 12.6. The van der Waals surface area contributed by atoms with Gasteiger partial charge in [0.1, 0.15) is 0 Å². The van der Waals surface area contributed by atoms with Gasteiger partial charge in [0, 0.05) is 16.7 Å². The summed E-state index contributed by atoms with van der Waals surface area (Å²) in [4.78, 5) is 23.8. The topological polar surface area (TPSA) is 87.7 Å². The molecule has 2 aromatic rings. The zero-order chi connectivity index (χ0) is 19.8. The van der Waals surface area contributed by atoms with E-state index in [1.165, 1.54) is 7.11 Å². The number of nitrogens with one attached hydrogen (secondary N) is 2. The van der Waals surface area contributed by atoms with Gasteiger partial charge in [0.05, 0.1) is 18.7 Å². The number of hydrogen-bond donors (Lipinski definition) is 3. The Morgan fingerprint density at radius 1 is 1.11 bits per heavy atom. The molecule has 0 saturated heterocycles. The molecule has 2 aromatic carbocycles. The first-order valence-corrected chi connectivity index (χ1v) is 9.03. The molecule has 0 unspecified atom stereocenters. The molecule has 0 radical (unpaired) electrons. The van der Waals surface area contributed by atoms with E-state index in [0.717, 1.165) is 10.0 Å². The minimum absolute atomic E-state index is 0.207. The van der Waals surface area contributed by atoms with E-state index in [1.54, 1.807) is 31.2 Å². The molecule has 0 aromatic heterocycles. The molecule has 1 amide bonds. The Bertz CT molecular complexity index is 820. The van der Waals surface area contributed by atoms with Crippen molar-refractivity contribution in [2.45, 2.75) is 19.5 Å². The van der Waals surface area contributed by atoms with Crippen molar-refractivity contribution >= 4 is 28.0 Å². The van der Waals surface area contributed by atoms with Crippen molar-refractivity contribution in [3.63, 3.8) is 0 Å². The number of ether oxygens (including phenoxy) is 1. The molecule has 142 valence electrons. The third-order valence-electron chi connectivity index (χ3n) is 3.97. The highest BCUT2D eigenvalue weighted by Crippen LogP contribution is 2.26. The molecule has 0 saturated carbocycles. The van der Waals surface area contributed by atoms with Gasteiger partial charge in [-0.05, 0) is 30.2 Å². The summed E-state index contributed by atoms with van der Waals surface area (Å²) in [5.74, 6) is -0.602. The molecule has 0 aliphatic carbocycles. The third-order valence-corrected chi connectivity index (χ3v) is 4.50. The van der Waals surface area contributed by atoms with Gasteiger partial charge in [-0.2, -0.15) is 0 Å². The lowest BCUT2D eigenvalue weighted by Gasteiger charge is -2.22. The fourth-order valence-corrected chi connectivity index (χ4v) is 2.89. The number of amides is 1. The first-order valence-electron chi connectivity index (χ1n) is 8.24. The molecule has 0 aliphatic rings. The van der Waals surface area contributed by atoms with E-state index in [1.807, 2.05) is 30.3 Å². The van der Waals surface area contributed by atoms with Crippen molar-refractivity contribution in [1.82, 2.24) is 10.6 Å². The van der Waals surface area contributed by atoms with Gasteiger partial charge in [-0.3, -0.25) is 0 Å². The van der Waals surface area contributed by atoms with E-state index >= 15 is 0 Å². The molecule has 0 bridgehead atoms. The highest BCUT2D eigenvalue weighted by atomic mass is 79.9. The van der Waals surface area contributed by atoms with E-state index < -0.39 is 18.1 Å². The molecule has 3 N–H and O–H groups in total. The lowest BCUT2D eigenvalue weighted by Crippen LogP contribution is -2.33. The van der Waals surface area contributed by atoms with Gasteiger partial charge in [0.25, 0.3) is 0 Å². The maximum atomic E-state index is 12.5. The predicted octanol–water partition coefficient (Wildman–Crippen LogP) is 3.99. The molecule has 27 heavy (non-hydrogen) atoms. The van der Waals surface area contributed by atoms with Crippen molar-refractivity contribution in [3.8, 4) is 0 Å². The highest BCUT2D eigenvalue weighted by Gasteiger charge is 2.27. The SMILES string of the molecule is COC(=O)/C(=C(/C)NCc1ccccc1)[C@@H](NC(=O)O)c1ccc(Br)cc1. The van der Waals surface area contributed by atoms with Crippen molar-refractivity contribution in [3.05, 3.63) is 81.5 Å². The molecule has 0 spiro atoms. The van der Waals surface area contributed by atoms with Crippen LogP contribution in [0.2, 0.25) is 0 Å². The Morgan fingerprint density at radius 3 is 2.30 bits per heavy atom. The van der Waals surface area contributed by atoms with Crippen LogP contribution in [0.25, 0.3) is 0 Å². The van der Waals surface area contributed by atoms with Crippen molar-refractivity contribution in [1.29, 1.82) is 0 Å². The Kier molecular flexibility index (Phi) is 7.43. The number of carboxylic acid groups (broad SMARTS) is 1. The maximum Gasteiger partial charge on any atom is 0.405 e. The number of allylic oxidation sites excluding steroid dienone is 1. The number of methoxy groups -OCH3 is 1. The smallest absolute Gasteiger partial charge is 0.405 e. The largest absolute Gasteiger partial charge is 0.466 e. The number of hydrogen-bond acceptors (Lipinski definition) is 4. The van der Waals surface area contributed by atoms with Gasteiger partial charge in [-0.25, -0.2) is 9.59 Å². The summed E-state index contributed by atoms with van der Waals surface area (Å²) in [6.07, 6.45) is -1.24. The van der Waals surface area contributed by atoms with Gasteiger partial charge < -0.3 is 20.5 Å². The number of carbonyl (C=O) groups excluding carboxylic acids is 1. The van der Waals surface area contributed by atoms with Gasteiger partial charge in [0.15, 0.2) is 0 Å². The van der Waals surface area contributed by atoms with Crippen LogP contribution in [0, 0.1) is 0 Å². The number of esters is 1. The second-order valence-corrected chi connectivity index (χ2v) is 6.72. The summed E-state index contributed by atoms with van der Waals surface area (Å²) in [7, 11) is 1.27. The van der Waals surface area contributed by atoms with E-state index in [9.17, 15) is 14.7 Å². The summed E-state index contributed by atoms with van der Waals surface area (Å²) >= 11 is 3.35. The number of halogens is 1. The first-order chi connectivity index (χ1) is 12.9. The van der Waals surface area contributed by atoms with Crippen molar-refractivity contribution in [2.75, 3.05) is 7.11 Å². The van der Waals surface area contributed by atoms with Crippen molar-refractivity contribution in [2.24, 2.45) is 0 Å². The number of carbonyl (C=O) groups is 2. The van der Waals surface area contributed by atoms with Crippen LogP contribution in [0.3, 0.4) is 0 Å². The molecule has 0 heterocycles. The maximum absolute atomic E-state index is 12.5. The van der Waals surface area contributed by atoms with Gasteiger partial charge in [-0.1, -0.05) is 58.4 Å². The van der Waals surface area contributed by atoms with E-state index in [-0.39, 0.29) is 5.57 Å². The van der Waals surface area contributed by atoms with Crippen LogP contribution in [0.1, 0.15) is 24.1 Å². The van der Waals surface area contributed by atoms with Gasteiger partial charge in [0.2, 0.25) is 0 Å². The fraction of sp³-hybridized carbons (Fsp3) is 0.200. The standard InChI is InChI=1S/C20H21BrN2O4/c1-13(22-12-14-6-4-3-5-7-14)17(19(24)27-2)18(23-20(25)26)15-8-10-16(21)11-9-15/h3-11,18,22-23H,12H2,1-2H3,(H,25,26)/b17-13-/t18-/m0/s1. The van der Waals surface area contributed by atoms with Gasteiger partial charge >= 0.3 is 12.1 Å². The van der Waals surface area contributed by atoms with Crippen molar-refractivity contribution < 1.29 is 19.4 Å². The summed E-state index contributed by atoms with van der Waals surface area (Å²) in [5, 5.41) is 14.9. The van der Waals surface area contributed by atoms with Crippen LogP contribution >= 0.6 is 15.9 Å². The molecular formula is C20H21BrN2O4. The van der Waals surface area contributed by atoms with E-state index in [0.29, 0.717) is 17.8 Å². The second-order valence-electron chi connectivity index (χ2n) is 5.80. The third kappa shape index (κ3) is 5.86. The summed E-state index contributed by atoms with van der Waals surface area (Å²) in [6, 6.07) is 15.9. The highest BCUT2D eigenvalue weighted by molar-refractivity contribution is 9.10. The second kappa shape index (κ2) is 9.78. The molecule has 1 atom stereocenters. The van der Waals surface area contributed by atoms with E-state index in [4.69, 9.17) is 4.74 Å².